The lowest BCUT2D eigenvalue weighted by atomic mass is 9.95. The highest BCUT2D eigenvalue weighted by Gasteiger charge is 2.17. The molecule has 2 N–H and O–H groups in total. The molecule has 0 atom stereocenters. The standard InChI is InChI=1S/C19H32N8/c1-26(15-9-5-3-6-10-15)13-21-18-23-17(20)24-19(25-18)22-14-27(2)16-11-7-4-8-12-16/h13-16H,3-12H2,1-2H3,(H2,20,23,24,25). The topological polar surface area (TPSA) is 95.9 Å². The SMILES string of the molecule is CN(C=Nc1nc(N)nc(N=CN(C)C2CCCCC2)n1)C1CCCCC1. The predicted octanol–water partition coefficient (Wildman–Crippen LogP) is 3.30. The van der Waals surface area contributed by atoms with Gasteiger partial charge in [0, 0.05) is 26.2 Å². The van der Waals surface area contributed by atoms with Gasteiger partial charge in [-0.15, -0.1) is 0 Å². The number of nitrogen functional groups attached to an aromatic ring is 1. The zero-order valence-corrected chi connectivity index (χ0v) is 16.6. The van der Waals surface area contributed by atoms with Gasteiger partial charge in [0.1, 0.15) is 0 Å². The average molecular weight is 373 g/mol. The van der Waals surface area contributed by atoms with Crippen molar-refractivity contribution in [1.29, 1.82) is 0 Å². The summed E-state index contributed by atoms with van der Waals surface area (Å²) < 4.78 is 0. The van der Waals surface area contributed by atoms with Crippen LogP contribution in [0.2, 0.25) is 0 Å². The second-order valence-electron chi connectivity index (χ2n) is 7.70. The monoisotopic (exact) mass is 372 g/mol. The molecule has 1 heterocycles. The molecule has 2 fully saturated rings. The molecule has 1 aromatic heterocycles. The van der Waals surface area contributed by atoms with Crippen molar-refractivity contribution in [2.24, 2.45) is 9.98 Å². The van der Waals surface area contributed by atoms with Crippen molar-refractivity contribution in [1.82, 2.24) is 24.8 Å². The molecular formula is C19H32N8. The molecule has 0 unspecified atom stereocenters. The largest absolute Gasteiger partial charge is 0.368 e. The van der Waals surface area contributed by atoms with E-state index < -0.39 is 0 Å². The Morgan fingerprint density at radius 3 is 1.56 bits per heavy atom. The summed E-state index contributed by atoms with van der Waals surface area (Å²) in [5.74, 6) is 0.750. The van der Waals surface area contributed by atoms with Gasteiger partial charge in [0.05, 0.1) is 12.7 Å². The number of aliphatic imine (C=N–C) groups is 2. The first-order chi connectivity index (χ1) is 13.1. The summed E-state index contributed by atoms with van der Waals surface area (Å²) in [7, 11) is 4.12. The van der Waals surface area contributed by atoms with E-state index >= 15 is 0 Å². The fourth-order valence-corrected chi connectivity index (χ4v) is 3.94. The van der Waals surface area contributed by atoms with Crippen molar-refractivity contribution < 1.29 is 0 Å². The quantitative estimate of drug-likeness (QED) is 0.608. The molecule has 2 aliphatic rings. The fourth-order valence-electron chi connectivity index (χ4n) is 3.94. The number of anilines is 1. The minimum atomic E-state index is 0.143. The van der Waals surface area contributed by atoms with Crippen LogP contribution in [0.5, 0.6) is 0 Å². The molecule has 8 heteroatoms. The van der Waals surface area contributed by atoms with E-state index in [1.165, 1.54) is 64.2 Å². The van der Waals surface area contributed by atoms with Gasteiger partial charge in [0.2, 0.25) is 5.95 Å². The highest BCUT2D eigenvalue weighted by molar-refractivity contribution is 5.61. The molecule has 27 heavy (non-hydrogen) atoms. The van der Waals surface area contributed by atoms with Gasteiger partial charge in [-0.2, -0.15) is 15.0 Å². The maximum atomic E-state index is 5.82. The molecular weight excluding hydrogens is 340 g/mol. The molecule has 0 aromatic carbocycles. The maximum absolute atomic E-state index is 5.82. The molecule has 8 nitrogen and oxygen atoms in total. The molecule has 0 saturated heterocycles. The van der Waals surface area contributed by atoms with Gasteiger partial charge < -0.3 is 15.5 Å². The molecule has 1 aromatic rings. The molecule has 2 saturated carbocycles. The van der Waals surface area contributed by atoms with Crippen LogP contribution in [-0.4, -0.2) is 63.6 Å². The third kappa shape index (κ3) is 5.87. The molecule has 0 spiro atoms. The first kappa shape index (κ1) is 19.5. The number of nitrogens with two attached hydrogens (primary N) is 1. The second kappa shape index (κ2) is 9.62. The van der Waals surface area contributed by atoms with E-state index in [1.54, 1.807) is 12.7 Å². The van der Waals surface area contributed by atoms with Gasteiger partial charge in [0.15, 0.2) is 0 Å². The van der Waals surface area contributed by atoms with Gasteiger partial charge in [-0.1, -0.05) is 38.5 Å². The van der Waals surface area contributed by atoms with Crippen LogP contribution in [0.4, 0.5) is 17.8 Å². The number of nitrogens with zero attached hydrogens (tertiary/aromatic N) is 7. The highest BCUT2D eigenvalue weighted by Crippen LogP contribution is 2.22. The summed E-state index contributed by atoms with van der Waals surface area (Å²) in [6.45, 7) is 0. The van der Waals surface area contributed by atoms with E-state index in [0.29, 0.717) is 24.0 Å². The average Bonchev–Trinajstić information content (AvgIpc) is 2.71. The van der Waals surface area contributed by atoms with Crippen molar-refractivity contribution in [3.63, 3.8) is 0 Å². The van der Waals surface area contributed by atoms with Crippen molar-refractivity contribution >= 4 is 30.5 Å². The van der Waals surface area contributed by atoms with Gasteiger partial charge in [0.25, 0.3) is 11.9 Å². The summed E-state index contributed by atoms with van der Waals surface area (Å²) in [6.07, 6.45) is 16.3. The number of hydrogen-bond acceptors (Lipinski definition) is 6. The Bertz CT molecular complexity index is 595. The van der Waals surface area contributed by atoms with Crippen molar-refractivity contribution in [2.75, 3.05) is 19.8 Å². The second-order valence-corrected chi connectivity index (χ2v) is 7.70. The van der Waals surface area contributed by atoms with Crippen LogP contribution in [0.3, 0.4) is 0 Å². The first-order valence-corrected chi connectivity index (χ1v) is 10.2. The molecule has 2 aliphatic carbocycles. The van der Waals surface area contributed by atoms with E-state index in [-0.39, 0.29) is 5.95 Å². The zero-order chi connectivity index (χ0) is 19.1. The molecule has 3 rings (SSSR count). The third-order valence-corrected chi connectivity index (χ3v) is 5.64. The lowest BCUT2D eigenvalue weighted by Gasteiger charge is -2.29. The minimum Gasteiger partial charge on any atom is -0.368 e. The summed E-state index contributed by atoms with van der Waals surface area (Å²) in [5.41, 5.74) is 5.82. The van der Waals surface area contributed by atoms with Gasteiger partial charge in [-0.3, -0.25) is 0 Å². The maximum Gasteiger partial charge on any atom is 0.257 e. The van der Waals surface area contributed by atoms with Crippen molar-refractivity contribution in [2.45, 2.75) is 76.3 Å². The van der Waals surface area contributed by atoms with E-state index in [4.69, 9.17) is 5.73 Å². The summed E-state index contributed by atoms with van der Waals surface area (Å²) in [6, 6.07) is 1.09. The predicted molar refractivity (Wildman–Crippen MR) is 110 cm³/mol. The van der Waals surface area contributed by atoms with Crippen LogP contribution in [-0.2, 0) is 0 Å². The van der Waals surface area contributed by atoms with Gasteiger partial charge in [-0.25, -0.2) is 9.98 Å². The van der Waals surface area contributed by atoms with Gasteiger partial charge >= 0.3 is 0 Å². The number of rotatable bonds is 6. The van der Waals surface area contributed by atoms with Crippen molar-refractivity contribution in [3.05, 3.63) is 0 Å². The summed E-state index contributed by atoms with van der Waals surface area (Å²) in [5, 5.41) is 0. The highest BCUT2D eigenvalue weighted by atomic mass is 15.3. The van der Waals surface area contributed by atoms with E-state index in [2.05, 4.69) is 48.8 Å². The smallest absolute Gasteiger partial charge is 0.257 e. The van der Waals surface area contributed by atoms with E-state index in [1.807, 2.05) is 0 Å². The lowest BCUT2D eigenvalue weighted by Crippen LogP contribution is -2.32. The van der Waals surface area contributed by atoms with E-state index in [9.17, 15) is 0 Å². The number of hydrogen-bond donors (Lipinski definition) is 1. The first-order valence-electron chi connectivity index (χ1n) is 10.2. The molecule has 0 amide bonds. The van der Waals surface area contributed by atoms with Crippen molar-refractivity contribution in [3.8, 4) is 0 Å². The molecule has 0 bridgehead atoms. The Morgan fingerprint density at radius 1 is 0.741 bits per heavy atom. The summed E-state index contributed by atoms with van der Waals surface area (Å²) in [4.78, 5) is 25.6. The Hall–Kier alpha value is -2.25. The molecule has 0 radical (unpaired) electrons. The Balaban J connectivity index is 1.62. The fraction of sp³-hybridized carbons (Fsp3) is 0.737. The van der Waals surface area contributed by atoms with Crippen LogP contribution in [0.15, 0.2) is 9.98 Å². The Morgan fingerprint density at radius 2 is 1.15 bits per heavy atom. The van der Waals surface area contributed by atoms with Crippen LogP contribution in [0.1, 0.15) is 64.2 Å². The third-order valence-electron chi connectivity index (χ3n) is 5.64. The molecule has 0 aliphatic heterocycles. The Kier molecular flexibility index (Phi) is 6.95. The van der Waals surface area contributed by atoms with Gasteiger partial charge in [-0.05, 0) is 25.7 Å². The Labute approximate surface area is 162 Å². The number of aromatic nitrogens is 3. The minimum absolute atomic E-state index is 0.143. The van der Waals surface area contributed by atoms with Crippen LogP contribution in [0, 0.1) is 0 Å². The summed E-state index contributed by atoms with van der Waals surface area (Å²) >= 11 is 0. The van der Waals surface area contributed by atoms with E-state index in [0.717, 1.165) is 0 Å². The van der Waals surface area contributed by atoms with Crippen LogP contribution >= 0.6 is 0 Å². The zero-order valence-electron chi connectivity index (χ0n) is 16.6. The normalized spacial score (nSPS) is 19.8. The molecule has 148 valence electrons. The lowest BCUT2D eigenvalue weighted by molar-refractivity contribution is 0.284. The van der Waals surface area contributed by atoms with Crippen LogP contribution < -0.4 is 5.73 Å². The van der Waals surface area contributed by atoms with Crippen LogP contribution in [0.25, 0.3) is 0 Å².